The molecule has 4 aromatic rings. The Hall–Kier alpha value is -3.67. The molecule has 1 unspecified atom stereocenters. The van der Waals surface area contributed by atoms with Crippen LogP contribution in [0.3, 0.4) is 0 Å². The van der Waals surface area contributed by atoms with Crippen molar-refractivity contribution in [1.29, 1.82) is 0 Å². The second-order valence-corrected chi connectivity index (χ2v) is 10.5. The number of nitrogens with two attached hydrogens (primary N) is 1. The number of imidazole rings is 1. The molecule has 1 fully saturated rings. The fourth-order valence-electron chi connectivity index (χ4n) is 5.88. The van der Waals surface area contributed by atoms with Crippen molar-refractivity contribution in [2.45, 2.75) is 50.6 Å². The van der Waals surface area contributed by atoms with Crippen LogP contribution in [-0.4, -0.2) is 39.5 Å². The third kappa shape index (κ3) is 5.77. The van der Waals surface area contributed by atoms with Crippen LogP contribution in [0, 0.1) is 6.92 Å². The summed E-state index contributed by atoms with van der Waals surface area (Å²) in [5.41, 5.74) is 12.7. The molecule has 0 spiro atoms. The molecule has 2 N–H and O–H groups in total. The topological polar surface area (TPSA) is 64.2 Å². The minimum Gasteiger partial charge on any atom is -0.341 e. The number of nitrogens with zero attached hydrogens (tertiary/aromatic N) is 3. The lowest BCUT2D eigenvalue weighted by atomic mass is 9.76. The normalized spacial score (nSPS) is 14.4. The highest BCUT2D eigenvalue weighted by Crippen LogP contribution is 2.42. The van der Waals surface area contributed by atoms with Crippen molar-refractivity contribution in [2.75, 3.05) is 13.1 Å². The van der Waals surface area contributed by atoms with Gasteiger partial charge in [-0.2, -0.15) is 0 Å². The van der Waals surface area contributed by atoms with Gasteiger partial charge in [0.2, 0.25) is 5.91 Å². The van der Waals surface area contributed by atoms with E-state index < -0.39 is 11.6 Å². The summed E-state index contributed by atoms with van der Waals surface area (Å²) < 4.78 is 2.31. The summed E-state index contributed by atoms with van der Waals surface area (Å²) in [6.07, 6.45) is 5.95. The Bertz CT molecular complexity index is 1300. The van der Waals surface area contributed by atoms with Crippen molar-refractivity contribution in [3.05, 3.63) is 138 Å². The highest BCUT2D eigenvalue weighted by molar-refractivity contribution is 5.85. The lowest BCUT2D eigenvalue weighted by Crippen LogP contribution is -2.46. The van der Waals surface area contributed by atoms with E-state index in [1.54, 1.807) is 0 Å². The Labute approximate surface area is 244 Å². The molecular formula is C34H39ClN4O. The van der Waals surface area contributed by atoms with Crippen molar-refractivity contribution in [3.63, 3.8) is 0 Å². The number of carbonyl (C=O) groups is 1. The van der Waals surface area contributed by atoms with Crippen LogP contribution in [0.15, 0.2) is 109 Å². The molecule has 1 aromatic heterocycles. The monoisotopic (exact) mass is 554 g/mol. The van der Waals surface area contributed by atoms with Crippen molar-refractivity contribution < 1.29 is 4.79 Å². The lowest BCUT2D eigenvalue weighted by Gasteiger charge is -2.38. The number of aryl methyl sites for hydroxylation is 1. The first-order chi connectivity index (χ1) is 19.0. The summed E-state index contributed by atoms with van der Waals surface area (Å²) in [5.74, 6) is 0.0565. The van der Waals surface area contributed by atoms with E-state index in [0.717, 1.165) is 50.2 Å². The number of halogens is 1. The van der Waals surface area contributed by atoms with Gasteiger partial charge in [-0.3, -0.25) is 4.79 Å². The van der Waals surface area contributed by atoms with Crippen molar-refractivity contribution >= 4 is 18.3 Å². The van der Waals surface area contributed by atoms with Crippen LogP contribution in [-0.2, 0) is 16.8 Å². The van der Waals surface area contributed by atoms with Crippen LogP contribution >= 0.6 is 12.4 Å². The summed E-state index contributed by atoms with van der Waals surface area (Å²) in [4.78, 5) is 19.7. The Morgan fingerprint density at radius 1 is 0.900 bits per heavy atom. The van der Waals surface area contributed by atoms with Crippen LogP contribution in [0.2, 0.25) is 0 Å². The average Bonchev–Trinajstić information content (AvgIpc) is 3.35. The molecule has 0 aliphatic carbocycles. The molecule has 2 heterocycles. The predicted molar refractivity (Wildman–Crippen MR) is 165 cm³/mol. The van der Waals surface area contributed by atoms with E-state index in [0.29, 0.717) is 6.42 Å². The second kappa shape index (κ2) is 13.1. The van der Waals surface area contributed by atoms with Gasteiger partial charge in [-0.25, -0.2) is 4.98 Å². The fraction of sp³-hybridized carbons (Fsp3) is 0.294. The van der Waals surface area contributed by atoms with E-state index in [1.807, 2.05) is 11.2 Å². The largest absolute Gasteiger partial charge is 0.341 e. The molecule has 1 atom stereocenters. The first-order valence-corrected chi connectivity index (χ1v) is 13.9. The highest BCUT2D eigenvalue weighted by atomic mass is 35.5. The lowest BCUT2D eigenvalue weighted by molar-refractivity contribution is -0.133. The number of hydrogen-bond donors (Lipinski definition) is 1. The zero-order valence-corrected chi connectivity index (χ0v) is 24.0. The second-order valence-electron chi connectivity index (χ2n) is 10.5. The third-order valence-electron chi connectivity index (χ3n) is 8.07. The van der Waals surface area contributed by atoms with Crippen LogP contribution in [0.1, 0.15) is 53.8 Å². The number of benzene rings is 3. The molecule has 1 saturated heterocycles. The molecule has 0 bridgehead atoms. The molecule has 1 aliphatic heterocycles. The van der Waals surface area contributed by atoms with Gasteiger partial charge in [0.05, 0.1) is 18.1 Å². The summed E-state index contributed by atoms with van der Waals surface area (Å²) >= 11 is 0. The minimum absolute atomic E-state index is 0. The molecule has 6 heteroatoms. The van der Waals surface area contributed by atoms with E-state index in [9.17, 15) is 4.79 Å². The van der Waals surface area contributed by atoms with Crippen LogP contribution < -0.4 is 5.73 Å². The van der Waals surface area contributed by atoms with Gasteiger partial charge >= 0.3 is 0 Å². The van der Waals surface area contributed by atoms with Crippen molar-refractivity contribution in [2.24, 2.45) is 5.73 Å². The SMILES string of the molecule is C=C1CCN(C(=O)C(N)CCCc2ncn(C(c3ccccc3)(c3ccccc3)c3ccccc3)c2C)CC1.Cl. The molecule has 40 heavy (non-hydrogen) atoms. The standard InChI is InChI=1S/C34H38N4O.ClH/c1-26-21-23-37(24-22-26)33(39)31(35)19-12-20-32-27(2)38(25-36-32)34(28-13-6-3-7-14-28,29-15-8-4-9-16-29)30-17-10-5-11-18-30;/h3-11,13-18,25,31H,1,12,19-24,35H2,2H3;1H. The summed E-state index contributed by atoms with van der Waals surface area (Å²) in [6.45, 7) is 7.66. The van der Waals surface area contributed by atoms with Gasteiger partial charge in [-0.1, -0.05) is 103 Å². The van der Waals surface area contributed by atoms with Crippen molar-refractivity contribution in [3.8, 4) is 0 Å². The predicted octanol–water partition coefficient (Wildman–Crippen LogP) is 6.28. The molecule has 208 valence electrons. The number of aromatic nitrogens is 2. The Kier molecular flexibility index (Phi) is 9.62. The summed E-state index contributed by atoms with van der Waals surface area (Å²) in [6, 6.07) is 31.4. The third-order valence-corrected chi connectivity index (χ3v) is 8.07. The number of hydrogen-bond acceptors (Lipinski definition) is 3. The molecule has 5 nitrogen and oxygen atoms in total. The van der Waals surface area contributed by atoms with Gasteiger partial charge in [-0.15, -0.1) is 12.4 Å². The number of likely N-dealkylation sites (tertiary alicyclic amines) is 1. The molecule has 1 aliphatic rings. The van der Waals surface area contributed by atoms with E-state index >= 15 is 0 Å². The van der Waals surface area contributed by atoms with Crippen LogP contribution in [0.4, 0.5) is 0 Å². The number of rotatable bonds is 9. The first-order valence-electron chi connectivity index (χ1n) is 13.9. The average molecular weight is 555 g/mol. The highest BCUT2D eigenvalue weighted by Gasteiger charge is 2.39. The Morgan fingerprint density at radius 2 is 1.38 bits per heavy atom. The molecular weight excluding hydrogens is 516 g/mol. The van der Waals surface area contributed by atoms with Crippen LogP contribution in [0.5, 0.6) is 0 Å². The number of amides is 1. The maximum Gasteiger partial charge on any atom is 0.239 e. The Morgan fingerprint density at radius 3 is 1.85 bits per heavy atom. The maximum absolute atomic E-state index is 12.9. The van der Waals surface area contributed by atoms with Gasteiger partial charge in [0.1, 0.15) is 5.54 Å². The Balaban J connectivity index is 0.00000370. The van der Waals surface area contributed by atoms with Gasteiger partial charge in [0.25, 0.3) is 0 Å². The van der Waals surface area contributed by atoms with Gasteiger partial charge in [0.15, 0.2) is 0 Å². The number of carbonyl (C=O) groups excluding carboxylic acids is 1. The summed E-state index contributed by atoms with van der Waals surface area (Å²) in [5, 5.41) is 0. The number of piperidine rings is 1. The smallest absolute Gasteiger partial charge is 0.239 e. The zero-order valence-electron chi connectivity index (χ0n) is 23.2. The molecule has 0 radical (unpaired) electrons. The molecule has 5 rings (SSSR count). The summed E-state index contributed by atoms with van der Waals surface area (Å²) in [7, 11) is 0. The minimum atomic E-state index is -0.580. The van der Waals surface area contributed by atoms with Crippen molar-refractivity contribution in [1.82, 2.24) is 14.5 Å². The fourth-order valence-corrected chi connectivity index (χ4v) is 5.88. The molecule has 0 saturated carbocycles. The van der Waals surface area contributed by atoms with Gasteiger partial charge < -0.3 is 15.2 Å². The zero-order chi connectivity index (χ0) is 27.2. The van der Waals surface area contributed by atoms with E-state index in [-0.39, 0.29) is 18.3 Å². The quantitative estimate of drug-likeness (QED) is 0.195. The molecule has 1 amide bonds. The van der Waals surface area contributed by atoms with Gasteiger partial charge in [-0.05, 0) is 55.7 Å². The van der Waals surface area contributed by atoms with Gasteiger partial charge in [0, 0.05) is 18.8 Å². The first kappa shape index (κ1) is 29.3. The van der Waals surface area contributed by atoms with E-state index in [2.05, 4.69) is 109 Å². The maximum atomic E-state index is 12.9. The van der Waals surface area contributed by atoms with E-state index in [4.69, 9.17) is 10.7 Å². The van der Waals surface area contributed by atoms with Crippen LogP contribution in [0.25, 0.3) is 0 Å². The van der Waals surface area contributed by atoms with E-state index in [1.165, 1.54) is 22.3 Å². The molecule has 3 aromatic carbocycles.